The highest BCUT2D eigenvalue weighted by Gasteiger charge is 2.23. The predicted octanol–water partition coefficient (Wildman–Crippen LogP) is 1.88. The summed E-state index contributed by atoms with van der Waals surface area (Å²) in [5, 5.41) is 6.16. The van der Waals surface area contributed by atoms with Crippen LogP contribution in [0.3, 0.4) is 0 Å². The standard InChI is InChI=1S/C25H31N5O3/c1-26-25(29-14-11-22(12-15-29)33-21-5-3-2-4-6-21)28-17-19-7-9-20(10-8-19)24(32)30-16-13-27-23(31)18-30/h2-10,22H,11-18H2,1H3,(H,26,28)(H,27,31). The molecule has 2 amide bonds. The number of aliphatic imine (C=N–C) groups is 1. The SMILES string of the molecule is CN=C(NCc1ccc(C(=O)N2CCNC(=O)C2)cc1)N1CCC(Oc2ccccc2)CC1. The molecule has 2 heterocycles. The lowest BCUT2D eigenvalue weighted by Crippen LogP contribution is -2.49. The lowest BCUT2D eigenvalue weighted by molar-refractivity contribution is -0.123. The summed E-state index contributed by atoms with van der Waals surface area (Å²) in [6.45, 7) is 3.54. The predicted molar refractivity (Wildman–Crippen MR) is 127 cm³/mol. The van der Waals surface area contributed by atoms with Crippen molar-refractivity contribution in [2.45, 2.75) is 25.5 Å². The van der Waals surface area contributed by atoms with E-state index in [0.717, 1.165) is 43.2 Å². The second-order valence-electron chi connectivity index (χ2n) is 8.29. The molecule has 0 unspecified atom stereocenters. The van der Waals surface area contributed by atoms with Gasteiger partial charge in [-0.1, -0.05) is 30.3 Å². The third-order valence-corrected chi connectivity index (χ3v) is 5.98. The summed E-state index contributed by atoms with van der Waals surface area (Å²) in [5.41, 5.74) is 1.66. The van der Waals surface area contributed by atoms with Gasteiger partial charge in [0.05, 0.1) is 6.54 Å². The van der Waals surface area contributed by atoms with Gasteiger partial charge in [0.1, 0.15) is 11.9 Å². The van der Waals surface area contributed by atoms with E-state index in [0.29, 0.717) is 25.2 Å². The Balaban J connectivity index is 1.25. The van der Waals surface area contributed by atoms with Crippen molar-refractivity contribution in [3.63, 3.8) is 0 Å². The van der Waals surface area contributed by atoms with Crippen LogP contribution in [0.25, 0.3) is 0 Å². The van der Waals surface area contributed by atoms with E-state index in [-0.39, 0.29) is 24.5 Å². The van der Waals surface area contributed by atoms with Crippen LogP contribution in [0.1, 0.15) is 28.8 Å². The number of hydrogen-bond donors (Lipinski definition) is 2. The van der Waals surface area contributed by atoms with Gasteiger partial charge in [-0.3, -0.25) is 14.6 Å². The lowest BCUT2D eigenvalue weighted by atomic mass is 10.1. The van der Waals surface area contributed by atoms with Crippen LogP contribution >= 0.6 is 0 Å². The van der Waals surface area contributed by atoms with Gasteiger partial charge >= 0.3 is 0 Å². The zero-order valence-corrected chi connectivity index (χ0v) is 19.0. The number of rotatable bonds is 5. The topological polar surface area (TPSA) is 86.3 Å². The summed E-state index contributed by atoms with van der Waals surface area (Å²) >= 11 is 0. The van der Waals surface area contributed by atoms with E-state index >= 15 is 0 Å². The summed E-state index contributed by atoms with van der Waals surface area (Å²) < 4.78 is 6.09. The minimum absolute atomic E-state index is 0.110. The van der Waals surface area contributed by atoms with E-state index in [9.17, 15) is 9.59 Å². The minimum Gasteiger partial charge on any atom is -0.490 e. The molecule has 2 aliphatic heterocycles. The molecule has 33 heavy (non-hydrogen) atoms. The molecule has 0 aliphatic carbocycles. The first-order chi connectivity index (χ1) is 16.1. The number of carbonyl (C=O) groups excluding carboxylic acids is 2. The molecule has 4 rings (SSSR count). The maximum Gasteiger partial charge on any atom is 0.254 e. The number of amides is 2. The number of para-hydroxylation sites is 1. The van der Waals surface area contributed by atoms with Crippen LogP contribution in [-0.2, 0) is 11.3 Å². The third kappa shape index (κ3) is 6.03. The maximum absolute atomic E-state index is 12.6. The lowest BCUT2D eigenvalue weighted by Gasteiger charge is -2.34. The highest BCUT2D eigenvalue weighted by Crippen LogP contribution is 2.19. The average molecular weight is 450 g/mol. The van der Waals surface area contributed by atoms with Gasteiger partial charge in [-0.05, 0) is 29.8 Å². The molecule has 0 bridgehead atoms. The first kappa shape index (κ1) is 22.6. The summed E-state index contributed by atoms with van der Waals surface area (Å²) in [6.07, 6.45) is 2.11. The van der Waals surface area contributed by atoms with Crippen molar-refractivity contribution in [3.8, 4) is 5.75 Å². The second kappa shape index (κ2) is 10.8. The summed E-state index contributed by atoms with van der Waals surface area (Å²) in [4.78, 5) is 32.4. The summed E-state index contributed by atoms with van der Waals surface area (Å²) in [5.74, 6) is 1.56. The molecule has 174 valence electrons. The number of piperidine rings is 1. The molecule has 2 fully saturated rings. The van der Waals surface area contributed by atoms with Gasteiger partial charge in [-0.25, -0.2) is 0 Å². The second-order valence-corrected chi connectivity index (χ2v) is 8.29. The Bertz CT molecular complexity index is 969. The Morgan fingerprint density at radius 1 is 1.06 bits per heavy atom. The van der Waals surface area contributed by atoms with E-state index in [4.69, 9.17) is 4.74 Å². The zero-order valence-electron chi connectivity index (χ0n) is 19.0. The van der Waals surface area contributed by atoms with Crippen molar-refractivity contribution in [2.75, 3.05) is 39.8 Å². The number of nitrogens with one attached hydrogen (secondary N) is 2. The first-order valence-corrected chi connectivity index (χ1v) is 11.4. The number of likely N-dealkylation sites (tertiary alicyclic amines) is 1. The molecule has 0 saturated carbocycles. The van der Waals surface area contributed by atoms with Crippen LogP contribution in [0, 0.1) is 0 Å². The molecule has 0 atom stereocenters. The maximum atomic E-state index is 12.6. The minimum atomic E-state index is -0.113. The fourth-order valence-electron chi connectivity index (χ4n) is 4.15. The van der Waals surface area contributed by atoms with Crippen LogP contribution in [0.2, 0.25) is 0 Å². The van der Waals surface area contributed by atoms with Crippen LogP contribution < -0.4 is 15.4 Å². The molecule has 2 saturated heterocycles. The molecule has 2 aromatic carbocycles. The van der Waals surface area contributed by atoms with E-state index in [2.05, 4.69) is 20.5 Å². The average Bonchev–Trinajstić information content (AvgIpc) is 2.86. The van der Waals surface area contributed by atoms with Crippen molar-refractivity contribution in [3.05, 3.63) is 65.7 Å². The Labute approximate surface area is 194 Å². The Kier molecular flexibility index (Phi) is 7.44. The number of benzene rings is 2. The molecule has 2 N–H and O–H groups in total. The number of ether oxygens (including phenoxy) is 1. The van der Waals surface area contributed by atoms with E-state index in [1.165, 1.54) is 0 Å². The normalized spacial score (nSPS) is 17.5. The molecule has 0 radical (unpaired) electrons. The summed E-state index contributed by atoms with van der Waals surface area (Å²) in [6, 6.07) is 17.5. The van der Waals surface area contributed by atoms with Gasteiger partial charge in [0.15, 0.2) is 5.96 Å². The van der Waals surface area contributed by atoms with Crippen molar-refractivity contribution in [2.24, 2.45) is 4.99 Å². The number of carbonyl (C=O) groups is 2. The Morgan fingerprint density at radius 2 is 1.79 bits per heavy atom. The Morgan fingerprint density at radius 3 is 2.45 bits per heavy atom. The summed E-state index contributed by atoms with van der Waals surface area (Å²) in [7, 11) is 1.80. The van der Waals surface area contributed by atoms with Crippen LogP contribution in [0.5, 0.6) is 5.75 Å². The third-order valence-electron chi connectivity index (χ3n) is 5.98. The smallest absolute Gasteiger partial charge is 0.254 e. The van der Waals surface area contributed by atoms with Crippen molar-refractivity contribution in [1.82, 2.24) is 20.4 Å². The number of nitrogens with zero attached hydrogens (tertiary/aromatic N) is 3. The Hall–Kier alpha value is -3.55. The van der Waals surface area contributed by atoms with Gasteiger partial charge in [0.2, 0.25) is 5.91 Å². The fraction of sp³-hybridized carbons (Fsp3) is 0.400. The first-order valence-electron chi connectivity index (χ1n) is 11.4. The van der Waals surface area contributed by atoms with E-state index < -0.39 is 0 Å². The monoisotopic (exact) mass is 449 g/mol. The van der Waals surface area contributed by atoms with Gasteiger partial charge in [-0.15, -0.1) is 0 Å². The van der Waals surface area contributed by atoms with Crippen LogP contribution in [0.15, 0.2) is 59.6 Å². The highest BCUT2D eigenvalue weighted by molar-refractivity contribution is 5.97. The molecule has 8 nitrogen and oxygen atoms in total. The number of guanidine groups is 1. The van der Waals surface area contributed by atoms with E-state index in [1.54, 1.807) is 11.9 Å². The van der Waals surface area contributed by atoms with Gasteiger partial charge in [-0.2, -0.15) is 0 Å². The highest BCUT2D eigenvalue weighted by atomic mass is 16.5. The molecule has 2 aliphatic rings. The fourth-order valence-corrected chi connectivity index (χ4v) is 4.15. The number of piperazine rings is 1. The molecule has 8 heteroatoms. The quantitative estimate of drug-likeness (QED) is 0.538. The van der Waals surface area contributed by atoms with E-state index in [1.807, 2.05) is 54.6 Å². The van der Waals surface area contributed by atoms with Crippen molar-refractivity contribution >= 4 is 17.8 Å². The van der Waals surface area contributed by atoms with Crippen molar-refractivity contribution < 1.29 is 14.3 Å². The van der Waals surface area contributed by atoms with Crippen LogP contribution in [0.4, 0.5) is 0 Å². The van der Waals surface area contributed by atoms with Gasteiger partial charge < -0.3 is 25.2 Å². The molecule has 2 aromatic rings. The largest absolute Gasteiger partial charge is 0.490 e. The molecule has 0 aromatic heterocycles. The van der Waals surface area contributed by atoms with Crippen molar-refractivity contribution in [1.29, 1.82) is 0 Å². The number of hydrogen-bond acceptors (Lipinski definition) is 4. The van der Waals surface area contributed by atoms with Gasteiger partial charge in [0, 0.05) is 58.2 Å². The van der Waals surface area contributed by atoms with Crippen LogP contribution in [-0.4, -0.2) is 73.4 Å². The zero-order chi connectivity index (χ0) is 23.0. The molecular formula is C25H31N5O3. The molecular weight excluding hydrogens is 418 g/mol. The van der Waals surface area contributed by atoms with Gasteiger partial charge in [0.25, 0.3) is 5.91 Å². The molecule has 0 spiro atoms.